The largest absolute Gasteiger partial charge is 0.326 e. The first-order chi connectivity index (χ1) is 9.86. The van der Waals surface area contributed by atoms with Gasteiger partial charge in [0.2, 0.25) is 10.0 Å². The predicted octanol–water partition coefficient (Wildman–Crippen LogP) is 2.53. The topological polar surface area (TPSA) is 72.2 Å². The SMILES string of the molecule is CC1(CNS(=O)(=O)c2cc(F)ccc2CN)CCCCC1. The molecule has 6 heteroatoms. The Kier molecular flexibility index (Phi) is 5.01. The van der Waals surface area contributed by atoms with Crippen LogP contribution in [-0.2, 0) is 16.6 Å². The summed E-state index contributed by atoms with van der Waals surface area (Å²) < 4.78 is 40.8. The van der Waals surface area contributed by atoms with Gasteiger partial charge in [0.1, 0.15) is 5.82 Å². The Hall–Kier alpha value is -0.980. The average Bonchev–Trinajstić information content (AvgIpc) is 2.46. The molecular formula is C15H23FN2O2S. The van der Waals surface area contributed by atoms with E-state index in [0.29, 0.717) is 12.1 Å². The molecule has 0 atom stereocenters. The highest BCUT2D eigenvalue weighted by Crippen LogP contribution is 2.35. The van der Waals surface area contributed by atoms with E-state index in [4.69, 9.17) is 5.73 Å². The zero-order chi connectivity index (χ0) is 15.5. The fourth-order valence-electron chi connectivity index (χ4n) is 2.88. The third-order valence-electron chi connectivity index (χ3n) is 4.29. The molecule has 21 heavy (non-hydrogen) atoms. The van der Waals surface area contributed by atoms with Crippen molar-refractivity contribution in [2.45, 2.75) is 50.5 Å². The first kappa shape index (κ1) is 16.4. The molecule has 0 aromatic heterocycles. The summed E-state index contributed by atoms with van der Waals surface area (Å²) in [4.78, 5) is -0.0515. The van der Waals surface area contributed by atoms with Gasteiger partial charge in [0.25, 0.3) is 0 Å². The van der Waals surface area contributed by atoms with Crippen LogP contribution in [0.3, 0.4) is 0 Å². The van der Waals surface area contributed by atoms with Crippen molar-refractivity contribution in [1.29, 1.82) is 0 Å². The molecule has 1 aliphatic carbocycles. The Balaban J connectivity index is 2.17. The highest BCUT2D eigenvalue weighted by atomic mass is 32.2. The smallest absolute Gasteiger partial charge is 0.241 e. The summed E-state index contributed by atoms with van der Waals surface area (Å²) in [6, 6.07) is 3.68. The third-order valence-corrected chi connectivity index (χ3v) is 5.77. The van der Waals surface area contributed by atoms with E-state index >= 15 is 0 Å². The Bertz CT molecular complexity index is 596. The fourth-order valence-corrected chi connectivity index (χ4v) is 4.33. The predicted molar refractivity (Wildman–Crippen MR) is 80.7 cm³/mol. The van der Waals surface area contributed by atoms with Gasteiger partial charge in [-0.15, -0.1) is 0 Å². The van der Waals surface area contributed by atoms with Crippen LogP contribution in [0.2, 0.25) is 0 Å². The summed E-state index contributed by atoms with van der Waals surface area (Å²) in [6.07, 6.45) is 5.51. The standard InChI is InChI=1S/C15H23FN2O2S/c1-15(7-3-2-4-8-15)11-18-21(19,20)14-9-13(16)6-5-12(14)10-17/h5-6,9,18H,2-4,7-8,10-11,17H2,1H3. The average molecular weight is 314 g/mol. The lowest BCUT2D eigenvalue weighted by Crippen LogP contribution is -2.37. The third kappa shape index (κ3) is 4.02. The number of nitrogens with two attached hydrogens (primary N) is 1. The molecule has 0 unspecified atom stereocenters. The molecule has 3 N–H and O–H groups in total. The molecule has 0 amide bonds. The molecule has 0 aliphatic heterocycles. The lowest BCUT2D eigenvalue weighted by atomic mass is 9.76. The molecule has 0 radical (unpaired) electrons. The van der Waals surface area contributed by atoms with Crippen molar-refractivity contribution in [2.75, 3.05) is 6.54 Å². The summed E-state index contributed by atoms with van der Waals surface area (Å²) in [5, 5.41) is 0. The highest BCUT2D eigenvalue weighted by molar-refractivity contribution is 7.89. The molecule has 0 heterocycles. The summed E-state index contributed by atoms with van der Waals surface area (Å²) >= 11 is 0. The van der Waals surface area contributed by atoms with Gasteiger partial charge < -0.3 is 5.73 Å². The van der Waals surface area contributed by atoms with E-state index in [1.54, 1.807) is 0 Å². The van der Waals surface area contributed by atoms with Crippen LogP contribution >= 0.6 is 0 Å². The number of benzene rings is 1. The maximum absolute atomic E-state index is 13.4. The second kappa shape index (κ2) is 6.42. The van der Waals surface area contributed by atoms with Gasteiger partial charge in [0.05, 0.1) is 4.90 Å². The molecule has 0 bridgehead atoms. The maximum Gasteiger partial charge on any atom is 0.241 e. The lowest BCUT2D eigenvalue weighted by Gasteiger charge is -2.33. The van der Waals surface area contributed by atoms with E-state index in [1.165, 1.54) is 18.6 Å². The summed E-state index contributed by atoms with van der Waals surface area (Å²) in [5.74, 6) is -0.573. The van der Waals surface area contributed by atoms with Crippen LogP contribution in [0.1, 0.15) is 44.6 Å². The minimum atomic E-state index is -3.73. The van der Waals surface area contributed by atoms with Crippen molar-refractivity contribution in [3.8, 4) is 0 Å². The van der Waals surface area contributed by atoms with Gasteiger partial charge in [-0.2, -0.15) is 0 Å². The van der Waals surface area contributed by atoms with E-state index < -0.39 is 15.8 Å². The number of halogens is 1. The molecule has 0 spiro atoms. The van der Waals surface area contributed by atoms with E-state index in [9.17, 15) is 12.8 Å². The van der Waals surface area contributed by atoms with Gasteiger partial charge >= 0.3 is 0 Å². The normalized spacial score (nSPS) is 18.6. The van der Waals surface area contributed by atoms with Gasteiger partial charge in [-0.05, 0) is 36.0 Å². The Morgan fingerprint density at radius 2 is 1.95 bits per heavy atom. The fraction of sp³-hybridized carbons (Fsp3) is 0.600. The molecule has 1 fully saturated rings. The summed E-state index contributed by atoms with van der Waals surface area (Å²) in [7, 11) is -3.73. The first-order valence-electron chi connectivity index (χ1n) is 7.34. The zero-order valence-corrected chi connectivity index (χ0v) is 13.2. The van der Waals surface area contributed by atoms with Crippen LogP contribution in [0, 0.1) is 11.2 Å². The Morgan fingerprint density at radius 3 is 2.57 bits per heavy atom. The van der Waals surface area contributed by atoms with Gasteiger partial charge in [-0.3, -0.25) is 0 Å². The van der Waals surface area contributed by atoms with Crippen LogP contribution in [0.4, 0.5) is 4.39 Å². The van der Waals surface area contributed by atoms with Crippen molar-refractivity contribution in [1.82, 2.24) is 4.72 Å². The van der Waals surface area contributed by atoms with E-state index in [1.807, 2.05) is 0 Å². The van der Waals surface area contributed by atoms with Crippen LogP contribution in [-0.4, -0.2) is 15.0 Å². The number of hydrogen-bond acceptors (Lipinski definition) is 3. The van der Waals surface area contributed by atoms with Gasteiger partial charge in [-0.1, -0.05) is 32.3 Å². The molecule has 1 aromatic rings. The second-order valence-corrected chi connectivity index (χ2v) is 7.89. The number of hydrogen-bond donors (Lipinski definition) is 2. The molecule has 4 nitrogen and oxygen atoms in total. The number of rotatable bonds is 5. The minimum absolute atomic E-state index is 0.0124. The quantitative estimate of drug-likeness (QED) is 0.877. The van der Waals surface area contributed by atoms with Crippen molar-refractivity contribution in [3.05, 3.63) is 29.6 Å². The van der Waals surface area contributed by atoms with Crippen molar-refractivity contribution >= 4 is 10.0 Å². The molecule has 1 aliphatic rings. The number of sulfonamides is 1. The molecular weight excluding hydrogens is 291 g/mol. The first-order valence-corrected chi connectivity index (χ1v) is 8.83. The van der Waals surface area contributed by atoms with E-state index in [0.717, 1.165) is 31.7 Å². The monoisotopic (exact) mass is 314 g/mol. The van der Waals surface area contributed by atoms with Crippen molar-refractivity contribution < 1.29 is 12.8 Å². The van der Waals surface area contributed by atoms with Crippen LogP contribution in [0.5, 0.6) is 0 Å². The molecule has 1 aromatic carbocycles. The zero-order valence-electron chi connectivity index (χ0n) is 12.4. The van der Waals surface area contributed by atoms with Gasteiger partial charge in [0.15, 0.2) is 0 Å². The Morgan fingerprint density at radius 1 is 1.29 bits per heavy atom. The van der Waals surface area contributed by atoms with Gasteiger partial charge in [-0.25, -0.2) is 17.5 Å². The molecule has 2 rings (SSSR count). The molecule has 118 valence electrons. The van der Waals surface area contributed by atoms with E-state index in [-0.39, 0.29) is 16.9 Å². The maximum atomic E-state index is 13.4. The minimum Gasteiger partial charge on any atom is -0.326 e. The summed E-state index contributed by atoms with van der Waals surface area (Å²) in [5.41, 5.74) is 5.96. The second-order valence-electron chi connectivity index (χ2n) is 6.15. The highest BCUT2D eigenvalue weighted by Gasteiger charge is 2.29. The van der Waals surface area contributed by atoms with Crippen LogP contribution < -0.4 is 10.5 Å². The molecule has 1 saturated carbocycles. The van der Waals surface area contributed by atoms with Gasteiger partial charge in [0, 0.05) is 13.1 Å². The Labute approximate surface area is 126 Å². The van der Waals surface area contributed by atoms with Crippen molar-refractivity contribution in [3.63, 3.8) is 0 Å². The van der Waals surface area contributed by atoms with Crippen LogP contribution in [0.25, 0.3) is 0 Å². The van der Waals surface area contributed by atoms with Crippen molar-refractivity contribution in [2.24, 2.45) is 11.1 Å². The molecule has 0 saturated heterocycles. The van der Waals surface area contributed by atoms with Crippen LogP contribution in [0.15, 0.2) is 23.1 Å². The van der Waals surface area contributed by atoms with E-state index in [2.05, 4.69) is 11.6 Å². The number of nitrogens with one attached hydrogen (secondary N) is 1. The summed E-state index contributed by atoms with van der Waals surface area (Å²) in [6.45, 7) is 2.55. The lowest BCUT2D eigenvalue weighted by molar-refractivity contribution is 0.219.